The maximum absolute atomic E-state index is 12.5. The lowest BCUT2D eigenvalue weighted by Crippen LogP contribution is -2.48. The smallest absolute Gasteiger partial charge is 0.233 e. The van der Waals surface area contributed by atoms with Crippen LogP contribution in [0.1, 0.15) is 18.3 Å². The summed E-state index contributed by atoms with van der Waals surface area (Å²) in [5, 5.41) is 10.3. The predicted molar refractivity (Wildman–Crippen MR) is 112 cm³/mol. The number of piperazine rings is 1. The minimum atomic E-state index is 0.164. The molecule has 146 valence electrons. The Balaban J connectivity index is 1.28. The highest BCUT2D eigenvalue weighted by atomic mass is 32.2. The third-order valence-corrected chi connectivity index (χ3v) is 6.00. The first-order valence-electron chi connectivity index (χ1n) is 9.74. The number of aromatic nitrogens is 3. The van der Waals surface area contributed by atoms with Crippen LogP contribution in [0, 0.1) is 0 Å². The molecule has 7 heteroatoms. The number of nitrogens with one attached hydrogen (secondary N) is 1. The highest BCUT2D eigenvalue weighted by Gasteiger charge is 2.22. The number of hydrogen-bond acceptors (Lipinski definition) is 5. The fourth-order valence-corrected chi connectivity index (χ4v) is 4.26. The van der Waals surface area contributed by atoms with E-state index in [0.717, 1.165) is 45.0 Å². The minimum Gasteiger partial charge on any atom is -0.339 e. The average molecular weight is 396 g/mol. The van der Waals surface area contributed by atoms with Gasteiger partial charge in [0.2, 0.25) is 11.1 Å². The van der Waals surface area contributed by atoms with E-state index < -0.39 is 0 Å². The summed E-state index contributed by atoms with van der Waals surface area (Å²) < 4.78 is 0. The molecule has 6 nitrogen and oxygen atoms in total. The molecule has 0 spiro atoms. The number of benzene rings is 2. The molecule has 0 atom stereocenters. The lowest BCUT2D eigenvalue weighted by molar-refractivity contribution is -0.130. The van der Waals surface area contributed by atoms with Crippen LogP contribution in [0.15, 0.2) is 47.6 Å². The summed E-state index contributed by atoms with van der Waals surface area (Å²) in [6, 6.07) is 15.0. The molecule has 0 unspecified atom stereocenters. The van der Waals surface area contributed by atoms with Crippen LogP contribution in [0.5, 0.6) is 0 Å². The quantitative estimate of drug-likeness (QED) is 0.650. The molecule has 1 amide bonds. The van der Waals surface area contributed by atoms with Gasteiger partial charge in [0.15, 0.2) is 0 Å². The van der Waals surface area contributed by atoms with Crippen LogP contribution < -0.4 is 0 Å². The Morgan fingerprint density at radius 2 is 1.89 bits per heavy atom. The summed E-state index contributed by atoms with van der Waals surface area (Å²) in [5.41, 5.74) is 1.35. The highest BCUT2D eigenvalue weighted by Crippen LogP contribution is 2.21. The SMILES string of the molecule is CCc1nc(SCC(=O)N2CCN(Cc3cccc4ccccc34)CC2)n[nH]1. The van der Waals surface area contributed by atoms with E-state index >= 15 is 0 Å². The van der Waals surface area contributed by atoms with Gasteiger partial charge < -0.3 is 4.90 Å². The number of nitrogens with zero attached hydrogens (tertiary/aromatic N) is 4. The van der Waals surface area contributed by atoms with Crippen molar-refractivity contribution in [2.75, 3.05) is 31.9 Å². The van der Waals surface area contributed by atoms with Crippen LogP contribution in [0.25, 0.3) is 10.8 Å². The Kier molecular flexibility index (Phi) is 5.92. The predicted octanol–water partition coefficient (Wildman–Crippen LogP) is 2.96. The number of thioether (sulfide) groups is 1. The molecular formula is C21H25N5OS. The topological polar surface area (TPSA) is 65.1 Å². The number of rotatable bonds is 6. The second-order valence-electron chi connectivity index (χ2n) is 7.00. The van der Waals surface area contributed by atoms with Crippen LogP contribution in [0.3, 0.4) is 0 Å². The molecule has 2 heterocycles. The second kappa shape index (κ2) is 8.75. The van der Waals surface area contributed by atoms with E-state index in [1.54, 1.807) is 0 Å². The van der Waals surface area contributed by atoms with Gasteiger partial charge in [0.1, 0.15) is 5.82 Å². The van der Waals surface area contributed by atoms with Crippen molar-refractivity contribution in [3.8, 4) is 0 Å². The monoisotopic (exact) mass is 395 g/mol. The van der Waals surface area contributed by atoms with Crippen molar-refractivity contribution in [3.63, 3.8) is 0 Å². The standard InChI is InChI=1S/C21H25N5OS/c1-2-19-22-21(24-23-19)28-15-20(27)26-12-10-25(11-13-26)14-17-8-5-7-16-6-3-4-9-18(16)17/h3-9H,2,10-15H2,1H3,(H,22,23,24). The van der Waals surface area contributed by atoms with Gasteiger partial charge >= 0.3 is 0 Å². The van der Waals surface area contributed by atoms with E-state index in [0.29, 0.717) is 10.9 Å². The molecule has 1 N–H and O–H groups in total. The third-order valence-electron chi connectivity index (χ3n) is 5.17. The summed E-state index contributed by atoms with van der Waals surface area (Å²) in [6.07, 6.45) is 0.820. The van der Waals surface area contributed by atoms with Crippen molar-refractivity contribution in [1.29, 1.82) is 0 Å². The Morgan fingerprint density at radius 3 is 2.68 bits per heavy atom. The van der Waals surface area contributed by atoms with Gasteiger partial charge in [-0.05, 0) is 16.3 Å². The summed E-state index contributed by atoms with van der Waals surface area (Å²) in [7, 11) is 0. The molecule has 4 rings (SSSR count). The summed E-state index contributed by atoms with van der Waals surface area (Å²) in [6.45, 7) is 6.31. The molecule has 1 saturated heterocycles. The van der Waals surface area contributed by atoms with Crippen LogP contribution in [0.2, 0.25) is 0 Å². The van der Waals surface area contributed by atoms with Crippen LogP contribution in [0.4, 0.5) is 0 Å². The summed E-state index contributed by atoms with van der Waals surface area (Å²) in [5.74, 6) is 1.42. The molecule has 2 aromatic carbocycles. The maximum atomic E-state index is 12.5. The first-order chi connectivity index (χ1) is 13.7. The highest BCUT2D eigenvalue weighted by molar-refractivity contribution is 7.99. The van der Waals surface area contributed by atoms with Gasteiger partial charge in [0, 0.05) is 39.1 Å². The van der Waals surface area contributed by atoms with Crippen LogP contribution >= 0.6 is 11.8 Å². The van der Waals surface area contributed by atoms with E-state index in [2.05, 4.69) is 62.5 Å². The number of H-pyrrole nitrogens is 1. The van der Waals surface area contributed by atoms with E-state index in [1.807, 2.05) is 11.8 Å². The molecule has 0 bridgehead atoms. The van der Waals surface area contributed by atoms with Crippen molar-refractivity contribution in [3.05, 3.63) is 53.9 Å². The number of aryl methyl sites for hydroxylation is 1. The van der Waals surface area contributed by atoms with Crippen molar-refractivity contribution in [2.24, 2.45) is 0 Å². The Hall–Kier alpha value is -2.38. The summed E-state index contributed by atoms with van der Waals surface area (Å²) >= 11 is 1.40. The lowest BCUT2D eigenvalue weighted by Gasteiger charge is -2.34. The molecule has 28 heavy (non-hydrogen) atoms. The number of hydrogen-bond donors (Lipinski definition) is 1. The van der Waals surface area contributed by atoms with Gasteiger partial charge in [-0.2, -0.15) is 0 Å². The molecule has 1 aliphatic heterocycles. The van der Waals surface area contributed by atoms with Crippen molar-refractivity contribution in [2.45, 2.75) is 25.0 Å². The summed E-state index contributed by atoms with van der Waals surface area (Å²) in [4.78, 5) is 21.2. The number of fused-ring (bicyclic) bond motifs is 1. The molecule has 0 radical (unpaired) electrons. The first-order valence-corrected chi connectivity index (χ1v) is 10.7. The van der Waals surface area contributed by atoms with Gasteiger partial charge in [0.25, 0.3) is 0 Å². The molecule has 3 aromatic rings. The Morgan fingerprint density at radius 1 is 1.11 bits per heavy atom. The Bertz CT molecular complexity index is 943. The number of carbonyl (C=O) groups excluding carboxylic acids is 1. The van der Waals surface area contributed by atoms with Crippen molar-refractivity contribution in [1.82, 2.24) is 25.0 Å². The fourth-order valence-electron chi connectivity index (χ4n) is 3.54. The van der Waals surface area contributed by atoms with Gasteiger partial charge in [0.05, 0.1) is 5.75 Å². The van der Waals surface area contributed by atoms with Gasteiger partial charge in [-0.15, -0.1) is 5.10 Å². The number of carbonyl (C=O) groups is 1. The molecule has 0 aliphatic carbocycles. The van der Waals surface area contributed by atoms with Crippen LogP contribution in [-0.4, -0.2) is 62.8 Å². The van der Waals surface area contributed by atoms with E-state index in [9.17, 15) is 4.79 Å². The number of amides is 1. The average Bonchev–Trinajstić information content (AvgIpc) is 3.21. The molecular weight excluding hydrogens is 370 g/mol. The second-order valence-corrected chi connectivity index (χ2v) is 7.94. The number of aromatic amines is 1. The van der Waals surface area contributed by atoms with E-state index in [1.165, 1.54) is 28.1 Å². The third kappa shape index (κ3) is 4.36. The van der Waals surface area contributed by atoms with Crippen molar-refractivity contribution >= 4 is 28.4 Å². The Labute approximate surface area is 169 Å². The lowest BCUT2D eigenvalue weighted by atomic mass is 10.0. The van der Waals surface area contributed by atoms with E-state index in [4.69, 9.17) is 0 Å². The largest absolute Gasteiger partial charge is 0.339 e. The minimum absolute atomic E-state index is 0.164. The molecule has 1 fully saturated rings. The normalized spacial score (nSPS) is 15.2. The zero-order valence-corrected chi connectivity index (χ0v) is 16.9. The van der Waals surface area contributed by atoms with E-state index in [-0.39, 0.29) is 5.91 Å². The van der Waals surface area contributed by atoms with Crippen LogP contribution in [-0.2, 0) is 17.8 Å². The maximum Gasteiger partial charge on any atom is 0.233 e. The fraction of sp³-hybridized carbons (Fsp3) is 0.381. The van der Waals surface area contributed by atoms with Gasteiger partial charge in [-0.3, -0.25) is 14.8 Å². The van der Waals surface area contributed by atoms with Crippen molar-refractivity contribution < 1.29 is 4.79 Å². The van der Waals surface area contributed by atoms with Gasteiger partial charge in [-0.25, -0.2) is 4.98 Å². The molecule has 1 aromatic heterocycles. The first kappa shape index (κ1) is 19.0. The van der Waals surface area contributed by atoms with Gasteiger partial charge in [-0.1, -0.05) is 61.2 Å². The zero-order valence-electron chi connectivity index (χ0n) is 16.1. The zero-order chi connectivity index (χ0) is 19.3. The molecule has 1 aliphatic rings. The molecule has 0 saturated carbocycles.